The van der Waals surface area contributed by atoms with Crippen LogP contribution in [0.5, 0.6) is 5.75 Å². The van der Waals surface area contributed by atoms with Crippen molar-refractivity contribution in [2.75, 3.05) is 39.8 Å². The van der Waals surface area contributed by atoms with Gasteiger partial charge in [-0.25, -0.2) is 0 Å². The van der Waals surface area contributed by atoms with E-state index in [1.165, 1.54) is 19.3 Å². The van der Waals surface area contributed by atoms with Crippen LogP contribution in [0.15, 0.2) is 24.3 Å². The molecule has 0 bridgehead atoms. The number of ether oxygens (including phenoxy) is 1. The van der Waals surface area contributed by atoms with Gasteiger partial charge < -0.3 is 14.5 Å². The van der Waals surface area contributed by atoms with Crippen LogP contribution in [0.2, 0.25) is 0 Å². The summed E-state index contributed by atoms with van der Waals surface area (Å²) in [5.74, 6) is 0.946. The largest absolute Gasteiger partial charge is 0.487 e. The van der Waals surface area contributed by atoms with Crippen LogP contribution in [0.1, 0.15) is 87.4 Å². The highest BCUT2D eigenvalue weighted by atomic mass is 16.5. The van der Waals surface area contributed by atoms with Crippen LogP contribution in [0.3, 0.4) is 0 Å². The first-order valence-corrected chi connectivity index (χ1v) is 13.7. The summed E-state index contributed by atoms with van der Waals surface area (Å²) >= 11 is 0. The Morgan fingerprint density at radius 3 is 2.32 bits per heavy atom. The van der Waals surface area contributed by atoms with Crippen LogP contribution in [0.25, 0.3) is 0 Å². The molecule has 3 aliphatic rings. The topological polar surface area (TPSA) is 53.1 Å². The highest BCUT2D eigenvalue weighted by Crippen LogP contribution is 2.30. The van der Waals surface area contributed by atoms with E-state index < -0.39 is 0 Å². The maximum atomic E-state index is 13.6. The third kappa shape index (κ3) is 6.53. The number of hydrogen-bond donors (Lipinski definition) is 0. The minimum atomic E-state index is -0.0663. The molecule has 34 heavy (non-hydrogen) atoms. The summed E-state index contributed by atoms with van der Waals surface area (Å²) in [7, 11) is 1.89. The Morgan fingerprint density at radius 1 is 0.853 bits per heavy atom. The van der Waals surface area contributed by atoms with Gasteiger partial charge in [-0.1, -0.05) is 44.2 Å². The number of likely N-dealkylation sites (tertiary alicyclic amines) is 1. The van der Waals surface area contributed by atoms with E-state index >= 15 is 0 Å². The zero-order valence-corrected chi connectivity index (χ0v) is 21.1. The number of rotatable bonds is 2. The van der Waals surface area contributed by atoms with Gasteiger partial charge in [-0.3, -0.25) is 14.5 Å². The molecule has 1 aliphatic carbocycles. The van der Waals surface area contributed by atoms with E-state index in [9.17, 15) is 9.59 Å². The molecule has 4 rings (SSSR count). The summed E-state index contributed by atoms with van der Waals surface area (Å²) in [5.41, 5.74) is 0.635. The maximum Gasteiger partial charge on any atom is 0.257 e. The van der Waals surface area contributed by atoms with Gasteiger partial charge in [-0.2, -0.15) is 0 Å². The fourth-order valence-corrected chi connectivity index (χ4v) is 5.82. The zero-order valence-electron chi connectivity index (χ0n) is 21.1. The minimum absolute atomic E-state index is 0.0239. The summed E-state index contributed by atoms with van der Waals surface area (Å²) < 4.78 is 6.61. The number of carbonyl (C=O) groups is 2. The number of carbonyl (C=O) groups excluding carboxylic acids is 2. The maximum absolute atomic E-state index is 13.6. The van der Waals surface area contributed by atoms with Crippen molar-refractivity contribution >= 4 is 11.8 Å². The van der Waals surface area contributed by atoms with Crippen molar-refractivity contribution in [3.05, 3.63) is 29.8 Å². The molecule has 0 unspecified atom stereocenters. The minimum Gasteiger partial charge on any atom is -0.487 e. The molecule has 1 aromatic rings. The predicted octanol–water partition coefficient (Wildman–Crippen LogP) is 4.73. The van der Waals surface area contributed by atoms with Gasteiger partial charge in [0.15, 0.2) is 0 Å². The van der Waals surface area contributed by atoms with Crippen molar-refractivity contribution in [2.45, 2.75) is 89.2 Å². The van der Waals surface area contributed by atoms with Crippen molar-refractivity contribution in [1.29, 1.82) is 0 Å². The lowest BCUT2D eigenvalue weighted by atomic mass is 9.90. The van der Waals surface area contributed by atoms with Crippen LogP contribution >= 0.6 is 0 Å². The molecule has 1 aromatic carbocycles. The van der Waals surface area contributed by atoms with E-state index in [1.807, 2.05) is 36.2 Å². The smallest absolute Gasteiger partial charge is 0.257 e. The van der Waals surface area contributed by atoms with E-state index in [2.05, 4.69) is 9.80 Å². The normalized spacial score (nSPS) is 26.0. The third-order valence-corrected chi connectivity index (χ3v) is 7.83. The number of benzene rings is 1. The molecular formula is C28H43N3O3. The van der Waals surface area contributed by atoms with E-state index in [4.69, 9.17) is 4.74 Å². The Labute approximate surface area is 205 Å². The summed E-state index contributed by atoms with van der Waals surface area (Å²) in [6.07, 6.45) is 13.2. The number of fused-ring (bicyclic) bond motifs is 2. The molecule has 2 amide bonds. The molecule has 0 aromatic heterocycles. The highest BCUT2D eigenvalue weighted by Gasteiger charge is 2.35. The van der Waals surface area contributed by atoms with Crippen molar-refractivity contribution < 1.29 is 14.3 Å². The van der Waals surface area contributed by atoms with Gasteiger partial charge in [0.25, 0.3) is 5.91 Å². The van der Waals surface area contributed by atoms with Crippen molar-refractivity contribution in [1.82, 2.24) is 14.7 Å². The lowest BCUT2D eigenvalue weighted by Gasteiger charge is -2.41. The molecule has 2 heterocycles. The molecule has 0 radical (unpaired) electrons. The Morgan fingerprint density at radius 2 is 1.50 bits per heavy atom. The van der Waals surface area contributed by atoms with Crippen LogP contribution in [0.4, 0.5) is 0 Å². The van der Waals surface area contributed by atoms with Crippen LogP contribution in [-0.2, 0) is 4.79 Å². The fourth-order valence-electron chi connectivity index (χ4n) is 5.82. The second-order valence-electron chi connectivity index (χ2n) is 10.4. The molecule has 2 aliphatic heterocycles. The summed E-state index contributed by atoms with van der Waals surface area (Å²) in [4.78, 5) is 33.2. The molecule has 6 heteroatoms. The van der Waals surface area contributed by atoms with E-state index in [-0.39, 0.29) is 24.0 Å². The lowest BCUT2D eigenvalue weighted by Crippen LogP contribution is -2.53. The van der Waals surface area contributed by atoms with Gasteiger partial charge in [-0.15, -0.1) is 0 Å². The van der Waals surface area contributed by atoms with Crippen molar-refractivity contribution in [3.63, 3.8) is 0 Å². The highest BCUT2D eigenvalue weighted by molar-refractivity contribution is 5.96. The lowest BCUT2D eigenvalue weighted by molar-refractivity contribution is -0.138. The second kappa shape index (κ2) is 12.6. The van der Waals surface area contributed by atoms with Crippen molar-refractivity contribution in [3.8, 4) is 5.75 Å². The molecule has 6 nitrogen and oxygen atoms in total. The molecular weight excluding hydrogens is 426 g/mol. The summed E-state index contributed by atoms with van der Waals surface area (Å²) in [5, 5.41) is 0. The predicted molar refractivity (Wildman–Crippen MR) is 135 cm³/mol. The van der Waals surface area contributed by atoms with Crippen LogP contribution < -0.4 is 4.74 Å². The first-order chi connectivity index (χ1) is 16.6. The number of para-hydroxylation sites is 1. The molecule has 1 saturated carbocycles. The SMILES string of the molecule is CN1CCCCCCCN(C(=O)CN2CCCCC2)[C@@H]2CCCC[C@@H]2Oc2ccccc2C1=O. The summed E-state index contributed by atoms with van der Waals surface area (Å²) in [6.45, 7) is 4.18. The zero-order chi connectivity index (χ0) is 23.8. The second-order valence-corrected chi connectivity index (χ2v) is 10.4. The molecule has 1 saturated heterocycles. The molecule has 188 valence electrons. The Balaban J connectivity index is 1.57. The quantitative estimate of drug-likeness (QED) is 0.629. The van der Waals surface area contributed by atoms with Gasteiger partial charge in [0, 0.05) is 20.1 Å². The number of nitrogens with zero attached hydrogens (tertiary/aromatic N) is 3. The first-order valence-electron chi connectivity index (χ1n) is 13.7. The summed E-state index contributed by atoms with van der Waals surface area (Å²) in [6, 6.07) is 7.73. The monoisotopic (exact) mass is 469 g/mol. The van der Waals surface area contributed by atoms with Crippen molar-refractivity contribution in [2.24, 2.45) is 0 Å². The Hall–Kier alpha value is -2.08. The standard InChI is InChI=1S/C28H43N3O3/c1-29-18-10-3-2-4-13-21-31(27(32)22-30-19-11-5-12-20-30)24-15-7-9-17-26(24)34-25-16-8-6-14-23(25)28(29)33/h6,8,14,16,24,26H,2-5,7,9-13,15,17-22H2,1H3/t24-,26+/m1/s1. The van der Waals surface area contributed by atoms with Crippen LogP contribution in [0, 0.1) is 0 Å². The number of hydrogen-bond acceptors (Lipinski definition) is 4. The first kappa shape index (κ1) is 25.0. The van der Waals surface area contributed by atoms with E-state index in [0.717, 1.165) is 84.0 Å². The average molecular weight is 470 g/mol. The Kier molecular flexibility index (Phi) is 9.25. The van der Waals surface area contributed by atoms with Gasteiger partial charge in [0.2, 0.25) is 5.91 Å². The molecule has 2 atom stereocenters. The Bertz CT molecular complexity index is 808. The van der Waals surface area contributed by atoms with Gasteiger partial charge in [-0.05, 0) is 70.2 Å². The number of piperidine rings is 1. The molecule has 0 N–H and O–H groups in total. The van der Waals surface area contributed by atoms with Gasteiger partial charge >= 0.3 is 0 Å². The average Bonchev–Trinajstić information content (AvgIpc) is 2.86. The van der Waals surface area contributed by atoms with Gasteiger partial charge in [0.1, 0.15) is 11.9 Å². The fraction of sp³-hybridized carbons (Fsp3) is 0.714. The van der Waals surface area contributed by atoms with Crippen LogP contribution in [-0.4, -0.2) is 78.4 Å². The third-order valence-electron chi connectivity index (χ3n) is 7.83. The van der Waals surface area contributed by atoms with E-state index in [0.29, 0.717) is 17.9 Å². The van der Waals surface area contributed by atoms with Gasteiger partial charge in [0.05, 0.1) is 18.2 Å². The van der Waals surface area contributed by atoms with E-state index in [1.54, 1.807) is 0 Å². The molecule has 0 spiro atoms. The number of amides is 2. The molecule has 2 fully saturated rings.